The van der Waals surface area contributed by atoms with Crippen molar-refractivity contribution in [2.45, 2.75) is 0 Å². The summed E-state index contributed by atoms with van der Waals surface area (Å²) < 4.78 is 0. The second-order valence-corrected chi connectivity index (χ2v) is 2.29. The van der Waals surface area contributed by atoms with Gasteiger partial charge in [-0.3, -0.25) is 0 Å². The minimum Gasteiger partial charge on any atom is -1.00 e. The number of aliphatic hydroxyl groups excluding tert-OH is 2. The number of hydrogen-bond donors (Lipinski definition) is 2. The van der Waals surface area contributed by atoms with Crippen LogP contribution in [0.25, 0.3) is 22.1 Å². The largest absolute Gasteiger partial charge is 2.00 e. The Morgan fingerprint density at radius 1 is 0.706 bits per heavy atom. The van der Waals surface area contributed by atoms with Crippen LogP contribution in [0.1, 0.15) is 0 Å². The summed E-state index contributed by atoms with van der Waals surface area (Å²) in [5.41, 5.74) is 13.2. The zero-order chi connectivity index (χ0) is 11.1. The molecule has 0 radical (unpaired) electrons. The third kappa shape index (κ3) is 47.2. The second kappa shape index (κ2) is 36.0. The summed E-state index contributed by atoms with van der Waals surface area (Å²) in [6, 6.07) is 0. The molecule has 0 amide bonds. The van der Waals surface area contributed by atoms with Gasteiger partial charge in [-0.25, -0.2) is 0 Å². The standard InChI is InChI=1S/2C4H10N2O.2ClH.Pt/c2*5-1-2-6-3-4-7;;;/h2*5,7H,1-4H2;2*1H;/q2*-2;;;+2/p-2. The SMILES string of the molecule is [Cl-].[Cl-].[NH-]CC[N-]CCO.[NH-]CC[N-]CCO.[Pt+2]. The molecule has 0 aromatic rings. The summed E-state index contributed by atoms with van der Waals surface area (Å²) >= 11 is 0. The summed E-state index contributed by atoms with van der Waals surface area (Å²) in [5, 5.41) is 23.8. The van der Waals surface area contributed by atoms with Gasteiger partial charge in [0.1, 0.15) is 0 Å². The molecule has 0 heterocycles. The smallest absolute Gasteiger partial charge is 1.00 e. The van der Waals surface area contributed by atoms with Crippen LogP contribution in [0.4, 0.5) is 0 Å². The van der Waals surface area contributed by atoms with E-state index in [0.717, 1.165) is 0 Å². The van der Waals surface area contributed by atoms with Crippen molar-refractivity contribution in [3.05, 3.63) is 22.1 Å². The van der Waals surface area contributed by atoms with E-state index in [9.17, 15) is 0 Å². The van der Waals surface area contributed by atoms with Gasteiger partial charge in [-0.1, -0.05) is 0 Å². The molecule has 0 saturated carbocycles. The zero-order valence-electron chi connectivity index (χ0n) is 9.52. The average molecular weight is 470 g/mol. The van der Waals surface area contributed by atoms with Gasteiger partial charge in [0.15, 0.2) is 0 Å². The normalized spacial score (nSPS) is 7.76. The molecular formula is C8H20Cl2N4O2Pt-4. The second-order valence-electron chi connectivity index (χ2n) is 2.29. The summed E-state index contributed by atoms with van der Waals surface area (Å²) in [6.45, 7) is 2.97. The Morgan fingerprint density at radius 3 is 1.18 bits per heavy atom. The molecule has 0 aliphatic heterocycles. The van der Waals surface area contributed by atoms with E-state index in [0.29, 0.717) is 39.3 Å². The fourth-order valence-corrected chi connectivity index (χ4v) is 0.523. The molecule has 0 aliphatic carbocycles. The predicted molar refractivity (Wildman–Crippen MR) is 58.7 cm³/mol. The molecule has 112 valence electrons. The van der Waals surface area contributed by atoms with Crippen LogP contribution < -0.4 is 24.8 Å². The third-order valence-corrected chi connectivity index (χ3v) is 1.06. The molecule has 6 nitrogen and oxygen atoms in total. The molecule has 4 N–H and O–H groups in total. The van der Waals surface area contributed by atoms with Crippen LogP contribution in [0.3, 0.4) is 0 Å². The fourth-order valence-electron chi connectivity index (χ4n) is 0.523. The molecule has 0 saturated heterocycles. The summed E-state index contributed by atoms with van der Waals surface area (Å²) in [5.74, 6) is 0. The van der Waals surface area contributed by atoms with Crippen molar-refractivity contribution in [2.24, 2.45) is 0 Å². The Bertz CT molecular complexity index is 81.9. The molecule has 0 spiro atoms. The van der Waals surface area contributed by atoms with Gasteiger partial charge in [0.2, 0.25) is 0 Å². The van der Waals surface area contributed by atoms with Crippen LogP contribution >= 0.6 is 0 Å². The van der Waals surface area contributed by atoms with Crippen molar-refractivity contribution in [2.75, 3.05) is 52.5 Å². The van der Waals surface area contributed by atoms with E-state index >= 15 is 0 Å². The zero-order valence-corrected chi connectivity index (χ0v) is 13.3. The molecule has 0 aromatic heterocycles. The molecular weight excluding hydrogens is 450 g/mol. The summed E-state index contributed by atoms with van der Waals surface area (Å²) in [7, 11) is 0. The van der Waals surface area contributed by atoms with Crippen molar-refractivity contribution in [3.8, 4) is 0 Å². The van der Waals surface area contributed by atoms with Crippen LogP contribution in [0, 0.1) is 0 Å². The van der Waals surface area contributed by atoms with Gasteiger partial charge in [-0.2, -0.15) is 26.2 Å². The summed E-state index contributed by atoms with van der Waals surface area (Å²) in [6.07, 6.45) is 0. The van der Waals surface area contributed by atoms with E-state index in [-0.39, 0.29) is 59.1 Å². The maximum absolute atomic E-state index is 8.14. The Labute approximate surface area is 130 Å². The molecule has 0 unspecified atom stereocenters. The van der Waals surface area contributed by atoms with Crippen molar-refractivity contribution in [1.82, 2.24) is 0 Å². The molecule has 0 bridgehead atoms. The number of aliphatic hydroxyl groups is 2. The van der Waals surface area contributed by atoms with Crippen molar-refractivity contribution >= 4 is 0 Å². The summed E-state index contributed by atoms with van der Waals surface area (Å²) in [4.78, 5) is 0. The Hall–Kier alpha value is 1.03. The van der Waals surface area contributed by atoms with Crippen molar-refractivity contribution < 1.29 is 56.1 Å². The first-order valence-corrected chi connectivity index (χ1v) is 4.60. The number of halogens is 2. The van der Waals surface area contributed by atoms with E-state index in [1.807, 2.05) is 0 Å². The first-order chi connectivity index (χ1) is 6.83. The van der Waals surface area contributed by atoms with E-state index in [1.165, 1.54) is 0 Å². The number of nitrogens with zero attached hydrogens (tertiary/aromatic N) is 2. The van der Waals surface area contributed by atoms with Gasteiger partial charge in [-0.15, -0.1) is 13.1 Å². The van der Waals surface area contributed by atoms with Crippen LogP contribution in [0.5, 0.6) is 0 Å². The molecule has 0 fully saturated rings. The maximum Gasteiger partial charge on any atom is 2.00 e. The van der Waals surface area contributed by atoms with Gasteiger partial charge in [0, 0.05) is 13.2 Å². The van der Waals surface area contributed by atoms with E-state index < -0.39 is 0 Å². The minimum atomic E-state index is 0. The average Bonchev–Trinajstić information content (AvgIpc) is 2.21. The quantitative estimate of drug-likeness (QED) is 0.346. The first-order valence-electron chi connectivity index (χ1n) is 4.60. The Morgan fingerprint density at radius 2 is 1.00 bits per heavy atom. The van der Waals surface area contributed by atoms with E-state index in [2.05, 4.69) is 10.6 Å². The number of hydrogen-bond acceptors (Lipinski definition) is 2. The Kier molecular flexibility index (Phi) is 65.2. The van der Waals surface area contributed by atoms with Gasteiger partial charge in [0.05, 0.1) is 0 Å². The third-order valence-electron chi connectivity index (χ3n) is 1.06. The van der Waals surface area contributed by atoms with Crippen LogP contribution in [-0.2, 0) is 21.1 Å². The van der Waals surface area contributed by atoms with Crippen LogP contribution in [0.15, 0.2) is 0 Å². The van der Waals surface area contributed by atoms with Gasteiger partial charge >= 0.3 is 21.1 Å². The fraction of sp³-hybridized carbons (Fsp3) is 1.00. The van der Waals surface area contributed by atoms with Gasteiger partial charge < -0.3 is 57.1 Å². The van der Waals surface area contributed by atoms with Crippen molar-refractivity contribution in [3.63, 3.8) is 0 Å². The minimum absolute atomic E-state index is 0. The van der Waals surface area contributed by atoms with E-state index in [1.54, 1.807) is 0 Å². The first kappa shape index (κ1) is 30.8. The number of rotatable bonds is 8. The monoisotopic (exact) mass is 469 g/mol. The van der Waals surface area contributed by atoms with Crippen LogP contribution in [-0.4, -0.2) is 62.7 Å². The molecule has 0 aliphatic rings. The van der Waals surface area contributed by atoms with Gasteiger partial charge in [0.25, 0.3) is 0 Å². The van der Waals surface area contributed by atoms with E-state index in [4.69, 9.17) is 21.7 Å². The number of nitrogens with one attached hydrogen (secondary N) is 2. The van der Waals surface area contributed by atoms with Gasteiger partial charge in [-0.05, 0) is 0 Å². The molecule has 17 heavy (non-hydrogen) atoms. The molecule has 9 heteroatoms. The molecule has 0 atom stereocenters. The topological polar surface area (TPSA) is 116 Å². The Balaban J connectivity index is -0.0000000480. The molecule has 0 aromatic carbocycles. The van der Waals surface area contributed by atoms with Crippen LogP contribution in [0.2, 0.25) is 0 Å². The predicted octanol–water partition coefficient (Wildman–Crippen LogP) is -5.19. The molecule has 0 rings (SSSR count). The van der Waals surface area contributed by atoms with Crippen molar-refractivity contribution in [1.29, 1.82) is 0 Å². The maximum atomic E-state index is 8.14.